The summed E-state index contributed by atoms with van der Waals surface area (Å²) in [6, 6.07) is 10.1. The van der Waals surface area contributed by atoms with Crippen LogP contribution in [0.2, 0.25) is 0 Å². The fourth-order valence-corrected chi connectivity index (χ4v) is 3.43. The molecule has 0 fully saturated rings. The zero-order valence-electron chi connectivity index (χ0n) is 10.9. The molecule has 4 heteroatoms. The zero-order chi connectivity index (χ0) is 13.0. The molecule has 3 nitrogen and oxygen atoms in total. The lowest BCUT2D eigenvalue weighted by molar-refractivity contribution is 0.403. The maximum Gasteiger partial charge on any atom is 0.165 e. The molecule has 0 saturated carbocycles. The van der Waals surface area contributed by atoms with Crippen LogP contribution in [0.1, 0.15) is 22.7 Å². The number of rotatable bonds is 0. The Morgan fingerprint density at radius 1 is 1.05 bits per heavy atom. The van der Waals surface area contributed by atoms with E-state index in [0.29, 0.717) is 6.04 Å². The van der Waals surface area contributed by atoms with Crippen molar-refractivity contribution in [3.05, 3.63) is 47.0 Å². The van der Waals surface area contributed by atoms with Crippen molar-refractivity contribution in [1.29, 1.82) is 0 Å². The van der Waals surface area contributed by atoms with E-state index in [9.17, 15) is 10.2 Å². The first-order valence-corrected chi connectivity index (χ1v) is 6.65. The van der Waals surface area contributed by atoms with Gasteiger partial charge in [-0.3, -0.25) is 0 Å². The minimum absolute atomic E-state index is 0. The molecule has 0 spiro atoms. The molecule has 1 aliphatic heterocycles. The molecule has 2 aromatic carbocycles. The van der Waals surface area contributed by atoms with E-state index in [1.54, 1.807) is 6.07 Å². The van der Waals surface area contributed by atoms with E-state index in [1.165, 1.54) is 11.1 Å². The molecule has 0 amide bonds. The molecule has 4 rings (SSSR count). The summed E-state index contributed by atoms with van der Waals surface area (Å²) >= 11 is 0. The Labute approximate surface area is 128 Å². The third-order valence-corrected chi connectivity index (χ3v) is 4.27. The van der Waals surface area contributed by atoms with Gasteiger partial charge in [-0.15, -0.1) is 17.0 Å². The molecule has 1 aliphatic carbocycles. The second kappa shape index (κ2) is 4.79. The van der Waals surface area contributed by atoms with Gasteiger partial charge in [-0.25, -0.2) is 0 Å². The van der Waals surface area contributed by atoms with E-state index in [4.69, 9.17) is 0 Å². The van der Waals surface area contributed by atoms with Gasteiger partial charge in [-0.05, 0) is 47.7 Å². The van der Waals surface area contributed by atoms with Gasteiger partial charge < -0.3 is 15.5 Å². The highest BCUT2D eigenvalue weighted by Gasteiger charge is 2.31. The molecular weight excluding hydrogens is 318 g/mol. The maximum atomic E-state index is 10.2. The molecule has 2 aliphatic rings. The van der Waals surface area contributed by atoms with Gasteiger partial charge in [0.15, 0.2) is 11.5 Å². The Bertz CT molecular complexity index is 684. The zero-order valence-corrected chi connectivity index (χ0v) is 12.6. The summed E-state index contributed by atoms with van der Waals surface area (Å²) in [5.74, 6) is -0.0338. The predicted octanol–water partition coefficient (Wildman–Crippen LogP) is 3.09. The fraction of sp³-hybridized carbons (Fsp3) is 0.250. The van der Waals surface area contributed by atoms with Crippen LogP contribution in [0, 0.1) is 0 Å². The highest BCUT2D eigenvalue weighted by Crippen LogP contribution is 2.48. The molecule has 2 aromatic rings. The van der Waals surface area contributed by atoms with Gasteiger partial charge in [0.05, 0.1) is 0 Å². The van der Waals surface area contributed by atoms with Crippen LogP contribution in [0.5, 0.6) is 11.5 Å². The second-order valence-corrected chi connectivity index (χ2v) is 5.31. The van der Waals surface area contributed by atoms with E-state index < -0.39 is 0 Å². The van der Waals surface area contributed by atoms with Crippen molar-refractivity contribution in [3.63, 3.8) is 0 Å². The monoisotopic (exact) mass is 333 g/mol. The topological polar surface area (TPSA) is 52.5 Å². The quantitative estimate of drug-likeness (QED) is 0.649. The van der Waals surface area contributed by atoms with Crippen molar-refractivity contribution in [3.8, 4) is 22.6 Å². The van der Waals surface area contributed by atoms with E-state index in [0.717, 1.165) is 36.1 Å². The molecule has 1 unspecified atom stereocenters. The van der Waals surface area contributed by atoms with Gasteiger partial charge in [-0.1, -0.05) is 24.3 Å². The minimum atomic E-state index is -0.0430. The molecule has 1 atom stereocenters. The van der Waals surface area contributed by atoms with Gasteiger partial charge in [0, 0.05) is 11.6 Å². The smallest absolute Gasteiger partial charge is 0.165 e. The molecule has 20 heavy (non-hydrogen) atoms. The minimum Gasteiger partial charge on any atom is -0.504 e. The molecule has 1 heterocycles. The van der Waals surface area contributed by atoms with Crippen LogP contribution in [0.25, 0.3) is 11.1 Å². The standard InChI is InChI=1S/C16H15NO2.BrH/c18-13-5-4-10-8-12-14-9(6-7-17-12)2-1-3-11(14)15(10)16(13)19;/h1-5,12,17-19H,6-8H2;1H. The van der Waals surface area contributed by atoms with Crippen LogP contribution >= 0.6 is 17.0 Å². The van der Waals surface area contributed by atoms with Crippen LogP contribution in [-0.2, 0) is 12.8 Å². The fourth-order valence-electron chi connectivity index (χ4n) is 3.43. The summed E-state index contributed by atoms with van der Waals surface area (Å²) in [7, 11) is 0. The summed E-state index contributed by atoms with van der Waals surface area (Å²) < 4.78 is 0. The average Bonchev–Trinajstić information content (AvgIpc) is 2.43. The van der Waals surface area contributed by atoms with Gasteiger partial charge in [0.25, 0.3) is 0 Å². The number of hydrogen-bond donors (Lipinski definition) is 3. The number of hydrogen-bond acceptors (Lipinski definition) is 3. The third-order valence-electron chi connectivity index (χ3n) is 4.27. The van der Waals surface area contributed by atoms with E-state index in [-0.39, 0.29) is 28.5 Å². The van der Waals surface area contributed by atoms with Crippen molar-refractivity contribution in [1.82, 2.24) is 5.32 Å². The molecule has 104 valence electrons. The highest BCUT2D eigenvalue weighted by molar-refractivity contribution is 8.93. The number of halogens is 1. The molecule has 0 aromatic heterocycles. The highest BCUT2D eigenvalue weighted by atomic mass is 79.9. The number of nitrogens with one attached hydrogen (secondary N) is 1. The first-order valence-electron chi connectivity index (χ1n) is 6.65. The van der Waals surface area contributed by atoms with Crippen molar-refractivity contribution < 1.29 is 10.2 Å². The Balaban J connectivity index is 0.00000121. The number of fused-ring (bicyclic) bond motifs is 2. The Morgan fingerprint density at radius 3 is 2.75 bits per heavy atom. The van der Waals surface area contributed by atoms with Crippen molar-refractivity contribution in [2.24, 2.45) is 0 Å². The molecule has 0 saturated heterocycles. The lowest BCUT2D eigenvalue weighted by Gasteiger charge is -2.34. The molecule has 0 radical (unpaired) electrons. The van der Waals surface area contributed by atoms with E-state index in [2.05, 4.69) is 11.4 Å². The second-order valence-electron chi connectivity index (χ2n) is 5.31. The molecular formula is C16H16BrNO2. The Hall–Kier alpha value is -1.52. The van der Waals surface area contributed by atoms with Crippen molar-refractivity contribution in [2.45, 2.75) is 18.9 Å². The summed E-state index contributed by atoms with van der Waals surface area (Å²) in [4.78, 5) is 0. The van der Waals surface area contributed by atoms with Gasteiger partial charge in [0.2, 0.25) is 0 Å². The summed E-state index contributed by atoms with van der Waals surface area (Å²) in [5, 5.41) is 23.5. The largest absolute Gasteiger partial charge is 0.504 e. The van der Waals surface area contributed by atoms with Gasteiger partial charge in [-0.2, -0.15) is 0 Å². The molecule has 3 N–H and O–H groups in total. The number of phenolic OH excluding ortho intramolecular Hbond substituents is 2. The average molecular weight is 334 g/mol. The van der Waals surface area contributed by atoms with Crippen molar-refractivity contribution >= 4 is 17.0 Å². The lowest BCUT2D eigenvalue weighted by atomic mass is 9.77. The van der Waals surface area contributed by atoms with E-state index in [1.807, 2.05) is 18.2 Å². The Kier molecular flexibility index (Phi) is 3.22. The number of phenols is 2. The van der Waals surface area contributed by atoms with E-state index >= 15 is 0 Å². The first kappa shape index (κ1) is 13.5. The maximum absolute atomic E-state index is 10.2. The van der Waals surface area contributed by atoms with Gasteiger partial charge >= 0.3 is 0 Å². The first-order chi connectivity index (χ1) is 9.25. The predicted molar refractivity (Wildman–Crippen MR) is 83.7 cm³/mol. The normalized spacial score (nSPS) is 18.7. The van der Waals surface area contributed by atoms with Crippen molar-refractivity contribution in [2.75, 3.05) is 6.54 Å². The van der Waals surface area contributed by atoms with Crippen LogP contribution in [0.4, 0.5) is 0 Å². The SMILES string of the molecule is Br.Oc1ccc2c(c1O)-c1cccc3c1C(C2)NCC3. The van der Waals surface area contributed by atoms with Crippen LogP contribution in [0.15, 0.2) is 30.3 Å². The Morgan fingerprint density at radius 2 is 1.90 bits per heavy atom. The summed E-state index contributed by atoms with van der Waals surface area (Å²) in [6.45, 7) is 1.00. The lowest BCUT2D eigenvalue weighted by Crippen LogP contribution is -2.33. The van der Waals surface area contributed by atoms with Crippen LogP contribution < -0.4 is 5.32 Å². The van der Waals surface area contributed by atoms with Crippen LogP contribution in [0.3, 0.4) is 0 Å². The summed E-state index contributed by atoms with van der Waals surface area (Å²) in [5.41, 5.74) is 5.61. The van der Waals surface area contributed by atoms with Gasteiger partial charge in [0.1, 0.15) is 0 Å². The third kappa shape index (κ3) is 1.75. The van der Waals surface area contributed by atoms with Crippen LogP contribution in [-0.4, -0.2) is 16.8 Å². The molecule has 0 bridgehead atoms. The number of aromatic hydroxyl groups is 2. The number of benzene rings is 2. The summed E-state index contributed by atoms with van der Waals surface area (Å²) in [6.07, 6.45) is 1.89.